The summed E-state index contributed by atoms with van der Waals surface area (Å²) in [5.41, 5.74) is -0.676. The maximum atomic E-state index is 12.1. The lowest BCUT2D eigenvalue weighted by atomic mass is 10.1. The van der Waals surface area contributed by atoms with Gasteiger partial charge in [0.2, 0.25) is 5.91 Å². The summed E-state index contributed by atoms with van der Waals surface area (Å²) >= 11 is 0. The second-order valence-corrected chi connectivity index (χ2v) is 5.81. The largest absolute Gasteiger partial charge is 0.457 e. The number of carbonyl (C=O) groups is 3. The topological polar surface area (TPSA) is 105 Å². The molecule has 8 heteroatoms. The van der Waals surface area contributed by atoms with Crippen molar-refractivity contribution in [1.29, 1.82) is 0 Å². The number of hydrogen-bond donors (Lipinski definition) is 2. The summed E-state index contributed by atoms with van der Waals surface area (Å²) in [6.45, 7) is 5.18. The smallest absolute Gasteiger partial charge is 0.344 e. The number of carbonyl (C=O) groups excluding carboxylic acids is 3. The molecule has 1 rings (SSSR count). The number of nitrogens with zero attached hydrogens (tertiary/aromatic N) is 2. The van der Waals surface area contributed by atoms with Gasteiger partial charge in [-0.15, -0.1) is 0 Å². The molecular formula is C12H22N4O4. The van der Waals surface area contributed by atoms with Crippen LogP contribution in [-0.2, 0) is 19.1 Å². The first-order valence-electron chi connectivity index (χ1n) is 6.30. The Morgan fingerprint density at radius 1 is 1.45 bits per heavy atom. The molecule has 0 aliphatic carbocycles. The minimum atomic E-state index is -0.996. The van der Waals surface area contributed by atoms with Gasteiger partial charge >= 0.3 is 5.97 Å². The molecule has 114 valence electrons. The molecule has 0 aromatic carbocycles. The summed E-state index contributed by atoms with van der Waals surface area (Å²) < 4.78 is 5.23. The first kappa shape index (κ1) is 16.4. The number of rotatable bonds is 2. The molecule has 1 aliphatic rings. The average Bonchev–Trinajstić information content (AvgIpc) is 2.28. The minimum absolute atomic E-state index is 0.0455. The van der Waals surface area contributed by atoms with Gasteiger partial charge in [-0.05, 0) is 20.8 Å². The fourth-order valence-electron chi connectivity index (χ4n) is 1.81. The molecule has 0 radical (unpaired) electrons. The fourth-order valence-corrected chi connectivity index (χ4v) is 1.81. The van der Waals surface area contributed by atoms with Crippen LogP contribution in [0.2, 0.25) is 0 Å². The van der Waals surface area contributed by atoms with Crippen LogP contribution in [0.5, 0.6) is 0 Å². The Morgan fingerprint density at radius 3 is 2.45 bits per heavy atom. The van der Waals surface area contributed by atoms with Crippen LogP contribution in [0.3, 0.4) is 0 Å². The highest BCUT2D eigenvalue weighted by Gasteiger charge is 2.40. The Balaban J connectivity index is 2.86. The first-order chi connectivity index (χ1) is 9.03. The van der Waals surface area contributed by atoms with Crippen LogP contribution < -0.4 is 11.2 Å². The van der Waals surface area contributed by atoms with Gasteiger partial charge in [-0.1, -0.05) is 0 Å². The maximum absolute atomic E-state index is 12.1. The number of nitrogens with two attached hydrogens (primary N) is 1. The van der Waals surface area contributed by atoms with Crippen molar-refractivity contribution >= 4 is 17.8 Å². The molecule has 0 spiro atoms. The van der Waals surface area contributed by atoms with E-state index in [-0.39, 0.29) is 12.3 Å². The molecule has 20 heavy (non-hydrogen) atoms. The van der Waals surface area contributed by atoms with Crippen LogP contribution in [0.1, 0.15) is 27.2 Å². The lowest BCUT2D eigenvalue weighted by molar-refractivity contribution is -0.169. The number of likely N-dealkylation sites (N-methyl/N-ethyl adjacent to an activating group) is 2. The van der Waals surface area contributed by atoms with E-state index in [1.54, 1.807) is 20.8 Å². The lowest BCUT2D eigenvalue weighted by Gasteiger charge is -2.37. The van der Waals surface area contributed by atoms with E-state index >= 15 is 0 Å². The van der Waals surface area contributed by atoms with E-state index in [1.807, 2.05) is 0 Å². The number of hydrogen-bond acceptors (Lipinski definition) is 6. The molecule has 1 aliphatic heterocycles. The molecule has 0 bridgehead atoms. The third-order valence-corrected chi connectivity index (χ3v) is 2.79. The molecule has 2 amide bonds. The van der Waals surface area contributed by atoms with Crippen LogP contribution in [-0.4, -0.2) is 59.6 Å². The van der Waals surface area contributed by atoms with Crippen molar-refractivity contribution in [3.63, 3.8) is 0 Å². The van der Waals surface area contributed by atoms with E-state index < -0.39 is 29.7 Å². The molecule has 1 unspecified atom stereocenters. The molecular weight excluding hydrogens is 264 g/mol. The zero-order chi connectivity index (χ0) is 15.7. The second kappa shape index (κ2) is 5.76. The summed E-state index contributed by atoms with van der Waals surface area (Å²) in [6.07, 6.45) is -1.04. The summed E-state index contributed by atoms with van der Waals surface area (Å²) in [5, 5.41) is 3.69. The Bertz CT molecular complexity index is 416. The average molecular weight is 286 g/mol. The molecule has 1 saturated heterocycles. The van der Waals surface area contributed by atoms with Crippen molar-refractivity contribution < 1.29 is 19.1 Å². The van der Waals surface area contributed by atoms with Crippen molar-refractivity contribution in [2.75, 3.05) is 14.1 Å². The van der Waals surface area contributed by atoms with Crippen LogP contribution in [0, 0.1) is 0 Å². The van der Waals surface area contributed by atoms with Crippen LogP contribution in [0.15, 0.2) is 0 Å². The summed E-state index contributed by atoms with van der Waals surface area (Å²) in [4.78, 5) is 37.0. The van der Waals surface area contributed by atoms with E-state index in [9.17, 15) is 14.4 Å². The quantitative estimate of drug-likeness (QED) is 0.286. The van der Waals surface area contributed by atoms with E-state index in [4.69, 9.17) is 10.6 Å². The van der Waals surface area contributed by atoms with Gasteiger partial charge in [0.05, 0.1) is 12.5 Å². The van der Waals surface area contributed by atoms with E-state index in [2.05, 4.69) is 5.32 Å². The highest BCUT2D eigenvalue weighted by molar-refractivity contribution is 5.92. The van der Waals surface area contributed by atoms with Gasteiger partial charge in [0.25, 0.3) is 5.91 Å². The monoisotopic (exact) mass is 286 g/mol. The van der Waals surface area contributed by atoms with Gasteiger partial charge < -0.3 is 9.64 Å². The number of esters is 1. The lowest BCUT2D eigenvalue weighted by Crippen LogP contribution is -2.65. The van der Waals surface area contributed by atoms with Gasteiger partial charge in [-0.2, -0.15) is 0 Å². The highest BCUT2D eigenvalue weighted by atomic mass is 16.6. The number of hydrazine groups is 1. The Hall–Kier alpha value is -1.67. The third kappa shape index (κ3) is 3.91. The molecule has 2 atom stereocenters. The van der Waals surface area contributed by atoms with E-state index in [0.717, 1.165) is 5.01 Å². The first-order valence-corrected chi connectivity index (χ1v) is 6.30. The SMILES string of the molecule is CN(N)C(=O)C1CC(=O)N(C)[C@@H](C(=O)OC(C)(C)C)N1. The molecule has 8 nitrogen and oxygen atoms in total. The Labute approximate surface area is 118 Å². The zero-order valence-electron chi connectivity index (χ0n) is 12.5. The Kier molecular flexibility index (Phi) is 4.72. The van der Waals surface area contributed by atoms with Crippen molar-refractivity contribution in [3.05, 3.63) is 0 Å². The normalized spacial score (nSPS) is 23.5. The molecule has 1 heterocycles. The third-order valence-electron chi connectivity index (χ3n) is 2.79. The van der Waals surface area contributed by atoms with Crippen molar-refractivity contribution in [1.82, 2.24) is 15.2 Å². The number of amides is 2. The maximum Gasteiger partial charge on any atom is 0.344 e. The molecule has 1 fully saturated rings. The van der Waals surface area contributed by atoms with Crippen LogP contribution in [0.25, 0.3) is 0 Å². The predicted molar refractivity (Wildman–Crippen MR) is 70.9 cm³/mol. The van der Waals surface area contributed by atoms with Gasteiger partial charge in [0, 0.05) is 14.1 Å². The summed E-state index contributed by atoms with van der Waals surface area (Å²) in [5.74, 6) is 3.99. The highest BCUT2D eigenvalue weighted by Crippen LogP contribution is 2.15. The molecule has 0 aromatic heterocycles. The van der Waals surface area contributed by atoms with Crippen molar-refractivity contribution in [3.8, 4) is 0 Å². The molecule has 0 saturated carbocycles. The van der Waals surface area contributed by atoms with E-state index in [0.29, 0.717) is 0 Å². The van der Waals surface area contributed by atoms with Gasteiger partial charge in [0.15, 0.2) is 6.17 Å². The van der Waals surface area contributed by atoms with Crippen molar-refractivity contribution in [2.24, 2.45) is 5.84 Å². The van der Waals surface area contributed by atoms with Crippen LogP contribution >= 0.6 is 0 Å². The van der Waals surface area contributed by atoms with Crippen molar-refractivity contribution in [2.45, 2.75) is 45.0 Å². The van der Waals surface area contributed by atoms with Gasteiger partial charge in [-0.25, -0.2) is 10.6 Å². The number of nitrogens with one attached hydrogen (secondary N) is 1. The standard InChI is InChI=1S/C12H22N4O4/c1-12(2,3)20-11(19)9-14-7(10(18)16(5)13)6-8(17)15(9)4/h7,9,14H,6,13H2,1-5H3/t7?,9-/m0/s1. The van der Waals surface area contributed by atoms with Gasteiger partial charge in [-0.3, -0.25) is 19.9 Å². The van der Waals surface area contributed by atoms with E-state index in [1.165, 1.54) is 19.0 Å². The van der Waals surface area contributed by atoms with Crippen LogP contribution in [0.4, 0.5) is 0 Å². The minimum Gasteiger partial charge on any atom is -0.457 e. The Morgan fingerprint density at radius 2 is 2.00 bits per heavy atom. The fraction of sp³-hybridized carbons (Fsp3) is 0.750. The number of ether oxygens (including phenoxy) is 1. The summed E-state index contributed by atoms with van der Waals surface area (Å²) in [6, 6.07) is -0.828. The summed E-state index contributed by atoms with van der Waals surface area (Å²) in [7, 11) is 2.87. The molecule has 0 aromatic rings. The molecule has 3 N–H and O–H groups in total. The van der Waals surface area contributed by atoms with Gasteiger partial charge in [0.1, 0.15) is 5.60 Å². The second-order valence-electron chi connectivity index (χ2n) is 5.81. The zero-order valence-corrected chi connectivity index (χ0v) is 12.5. The predicted octanol–water partition coefficient (Wildman–Crippen LogP) is -1.19.